The number of hydrogen-bond donors (Lipinski definition) is 1. The molecule has 4 nitrogen and oxygen atoms in total. The standard InChI is InChI=1S/C22H35NO3/c1-5-20-13-19(24)14-22(26-20)8-10-23(11-9-22)15-18-6-7-21(17(4)12-18)25-16(2)3/h6-7,12,16,19-20,24H,5,8-11,13-15H2,1-4H3/t19-,20-/m1/s1. The molecule has 0 radical (unpaired) electrons. The number of nitrogens with zero attached hydrogens (tertiary/aromatic N) is 1. The third kappa shape index (κ3) is 4.79. The number of aliphatic hydroxyl groups excluding tert-OH is 1. The third-order valence-corrected chi connectivity index (χ3v) is 5.79. The van der Waals surface area contributed by atoms with E-state index in [-0.39, 0.29) is 23.9 Å². The van der Waals surface area contributed by atoms with Gasteiger partial charge in [0.1, 0.15) is 5.75 Å². The summed E-state index contributed by atoms with van der Waals surface area (Å²) < 4.78 is 12.2. The molecule has 2 heterocycles. The maximum Gasteiger partial charge on any atom is 0.122 e. The van der Waals surface area contributed by atoms with Crippen LogP contribution in [0.1, 0.15) is 64.0 Å². The van der Waals surface area contributed by atoms with Gasteiger partial charge in [-0.1, -0.05) is 19.1 Å². The second kappa shape index (κ2) is 8.28. The Morgan fingerprint density at radius 1 is 1.31 bits per heavy atom. The summed E-state index contributed by atoms with van der Waals surface area (Å²) >= 11 is 0. The van der Waals surface area contributed by atoms with Crippen molar-refractivity contribution in [1.29, 1.82) is 0 Å². The first-order valence-corrected chi connectivity index (χ1v) is 10.2. The minimum Gasteiger partial charge on any atom is -0.491 e. The zero-order valence-corrected chi connectivity index (χ0v) is 16.8. The zero-order chi connectivity index (χ0) is 18.7. The quantitative estimate of drug-likeness (QED) is 0.858. The van der Waals surface area contributed by atoms with E-state index in [2.05, 4.69) is 50.8 Å². The van der Waals surface area contributed by atoms with Crippen LogP contribution in [-0.2, 0) is 11.3 Å². The SMILES string of the molecule is CC[C@@H]1C[C@@H](O)CC2(CCN(Cc3ccc(OC(C)C)c(C)c3)CC2)O1. The van der Waals surface area contributed by atoms with Gasteiger partial charge in [-0.3, -0.25) is 4.90 Å². The van der Waals surface area contributed by atoms with Crippen LogP contribution in [0.4, 0.5) is 0 Å². The highest BCUT2D eigenvalue weighted by atomic mass is 16.5. The van der Waals surface area contributed by atoms with Crippen molar-refractivity contribution >= 4 is 0 Å². The van der Waals surface area contributed by atoms with Gasteiger partial charge < -0.3 is 14.6 Å². The fraction of sp³-hybridized carbons (Fsp3) is 0.727. The topological polar surface area (TPSA) is 41.9 Å². The Morgan fingerprint density at radius 3 is 2.65 bits per heavy atom. The van der Waals surface area contributed by atoms with Gasteiger partial charge >= 0.3 is 0 Å². The highest BCUT2D eigenvalue weighted by molar-refractivity contribution is 5.36. The Hall–Kier alpha value is -1.10. The molecule has 1 aromatic carbocycles. The molecule has 0 saturated carbocycles. The van der Waals surface area contributed by atoms with E-state index >= 15 is 0 Å². The first-order chi connectivity index (χ1) is 12.4. The van der Waals surface area contributed by atoms with Gasteiger partial charge in [-0.15, -0.1) is 0 Å². The molecule has 1 N–H and O–H groups in total. The Balaban J connectivity index is 1.56. The molecule has 2 saturated heterocycles. The first kappa shape index (κ1) is 19.7. The van der Waals surface area contributed by atoms with Crippen molar-refractivity contribution in [1.82, 2.24) is 4.90 Å². The summed E-state index contributed by atoms with van der Waals surface area (Å²) in [6, 6.07) is 6.53. The predicted molar refractivity (Wildman–Crippen MR) is 105 cm³/mol. The average Bonchev–Trinajstić information content (AvgIpc) is 2.58. The van der Waals surface area contributed by atoms with Crippen LogP contribution in [0.2, 0.25) is 0 Å². The van der Waals surface area contributed by atoms with Crippen LogP contribution in [0, 0.1) is 6.92 Å². The molecule has 1 aromatic rings. The fourth-order valence-corrected chi connectivity index (χ4v) is 4.41. The lowest BCUT2D eigenvalue weighted by molar-refractivity contribution is -0.182. The van der Waals surface area contributed by atoms with Crippen molar-refractivity contribution in [3.05, 3.63) is 29.3 Å². The molecule has 4 heteroatoms. The maximum absolute atomic E-state index is 10.2. The van der Waals surface area contributed by atoms with Crippen molar-refractivity contribution in [3.63, 3.8) is 0 Å². The molecule has 0 bridgehead atoms. The molecule has 0 unspecified atom stereocenters. The normalized spacial score (nSPS) is 26.4. The van der Waals surface area contributed by atoms with Gasteiger partial charge in [0.05, 0.1) is 23.9 Å². The first-order valence-electron chi connectivity index (χ1n) is 10.2. The lowest BCUT2D eigenvalue weighted by Crippen LogP contribution is -2.52. The lowest BCUT2D eigenvalue weighted by atomic mass is 9.81. The molecule has 2 atom stereocenters. The van der Waals surface area contributed by atoms with Crippen LogP contribution < -0.4 is 4.74 Å². The average molecular weight is 362 g/mol. The number of rotatable bonds is 5. The molecule has 0 amide bonds. The van der Waals surface area contributed by atoms with Crippen molar-refractivity contribution in [3.8, 4) is 5.75 Å². The summed E-state index contributed by atoms with van der Waals surface area (Å²) in [7, 11) is 0. The summed E-state index contributed by atoms with van der Waals surface area (Å²) in [4.78, 5) is 2.51. The highest BCUT2D eigenvalue weighted by Crippen LogP contribution is 2.38. The summed E-state index contributed by atoms with van der Waals surface area (Å²) in [5.74, 6) is 0.983. The minimum atomic E-state index is -0.198. The maximum atomic E-state index is 10.2. The number of likely N-dealkylation sites (tertiary alicyclic amines) is 1. The van der Waals surface area contributed by atoms with Crippen molar-refractivity contribution in [2.45, 2.75) is 90.3 Å². The van der Waals surface area contributed by atoms with Crippen LogP contribution in [-0.4, -0.2) is 47.0 Å². The lowest BCUT2D eigenvalue weighted by Gasteiger charge is -2.48. The molecule has 0 aliphatic carbocycles. The molecule has 1 spiro atoms. The number of benzene rings is 1. The fourth-order valence-electron chi connectivity index (χ4n) is 4.41. The predicted octanol–water partition coefficient (Wildman–Crippen LogP) is 4.07. The molecule has 2 fully saturated rings. The largest absolute Gasteiger partial charge is 0.491 e. The summed E-state index contributed by atoms with van der Waals surface area (Å²) in [5.41, 5.74) is 2.44. The molecule has 2 aliphatic rings. The minimum absolute atomic E-state index is 0.0975. The van der Waals surface area contributed by atoms with Gasteiger partial charge in [-0.05, 0) is 63.6 Å². The van der Waals surface area contributed by atoms with Gasteiger partial charge in [0.25, 0.3) is 0 Å². The Kier molecular flexibility index (Phi) is 6.26. The van der Waals surface area contributed by atoms with E-state index < -0.39 is 0 Å². The van der Waals surface area contributed by atoms with E-state index in [1.165, 1.54) is 11.1 Å². The van der Waals surface area contributed by atoms with E-state index in [4.69, 9.17) is 9.47 Å². The summed E-state index contributed by atoms with van der Waals surface area (Å²) in [6.45, 7) is 11.4. The molecule has 146 valence electrons. The Bertz CT molecular complexity index is 593. The molecular weight excluding hydrogens is 326 g/mol. The van der Waals surface area contributed by atoms with E-state index in [0.29, 0.717) is 0 Å². The van der Waals surface area contributed by atoms with Crippen LogP contribution >= 0.6 is 0 Å². The number of aryl methyl sites for hydroxylation is 1. The van der Waals surface area contributed by atoms with Gasteiger partial charge in [0.2, 0.25) is 0 Å². The van der Waals surface area contributed by atoms with Gasteiger partial charge in [0, 0.05) is 26.1 Å². The number of ether oxygens (including phenoxy) is 2. The molecule has 26 heavy (non-hydrogen) atoms. The molecule has 2 aliphatic heterocycles. The van der Waals surface area contributed by atoms with Gasteiger partial charge in [0.15, 0.2) is 0 Å². The monoisotopic (exact) mass is 361 g/mol. The van der Waals surface area contributed by atoms with Crippen molar-refractivity contribution in [2.24, 2.45) is 0 Å². The Morgan fingerprint density at radius 2 is 2.04 bits per heavy atom. The van der Waals surface area contributed by atoms with Crippen LogP contribution in [0.3, 0.4) is 0 Å². The van der Waals surface area contributed by atoms with Crippen LogP contribution in [0.5, 0.6) is 5.75 Å². The smallest absolute Gasteiger partial charge is 0.122 e. The summed E-state index contributed by atoms with van der Waals surface area (Å²) in [5, 5.41) is 10.2. The number of hydrogen-bond acceptors (Lipinski definition) is 4. The molecular formula is C22H35NO3. The second-order valence-corrected chi connectivity index (χ2v) is 8.47. The van der Waals surface area contributed by atoms with Gasteiger partial charge in [-0.2, -0.15) is 0 Å². The Labute approximate surface area is 158 Å². The molecule has 0 aromatic heterocycles. The van der Waals surface area contributed by atoms with E-state index in [0.717, 1.165) is 57.5 Å². The zero-order valence-electron chi connectivity index (χ0n) is 16.8. The number of aliphatic hydroxyl groups is 1. The van der Waals surface area contributed by atoms with E-state index in [1.54, 1.807) is 0 Å². The van der Waals surface area contributed by atoms with Crippen LogP contribution in [0.25, 0.3) is 0 Å². The van der Waals surface area contributed by atoms with Crippen molar-refractivity contribution in [2.75, 3.05) is 13.1 Å². The van der Waals surface area contributed by atoms with E-state index in [1.807, 2.05) is 0 Å². The summed E-state index contributed by atoms with van der Waals surface area (Å²) in [6.07, 6.45) is 4.87. The molecule has 3 rings (SSSR count). The highest BCUT2D eigenvalue weighted by Gasteiger charge is 2.42. The van der Waals surface area contributed by atoms with Gasteiger partial charge in [-0.25, -0.2) is 0 Å². The second-order valence-electron chi connectivity index (χ2n) is 8.47. The van der Waals surface area contributed by atoms with E-state index in [9.17, 15) is 5.11 Å². The van der Waals surface area contributed by atoms with Crippen molar-refractivity contribution < 1.29 is 14.6 Å². The number of piperidine rings is 1. The third-order valence-electron chi connectivity index (χ3n) is 5.79. The van der Waals surface area contributed by atoms with Crippen LogP contribution in [0.15, 0.2) is 18.2 Å².